The standard InChI is InChI=1S/C13H19N5O/c14-13(17-11-4-2-1-3-5-11)16-7-9-18-8-6-15-12(19)10-18/h1-5H,6-10H2,(H,15,19)(H3,14,16,17). The Kier molecular flexibility index (Phi) is 4.74. The van der Waals surface area contributed by atoms with E-state index in [9.17, 15) is 4.79 Å². The van der Waals surface area contributed by atoms with Gasteiger partial charge in [-0.15, -0.1) is 0 Å². The predicted octanol–water partition coefficient (Wildman–Crippen LogP) is -0.155. The van der Waals surface area contributed by atoms with Crippen molar-refractivity contribution in [2.75, 3.05) is 38.0 Å². The van der Waals surface area contributed by atoms with Crippen molar-refractivity contribution < 1.29 is 4.79 Å². The van der Waals surface area contributed by atoms with E-state index in [0.717, 1.165) is 18.8 Å². The molecule has 1 heterocycles. The fraction of sp³-hybridized carbons (Fsp3) is 0.385. The van der Waals surface area contributed by atoms with Gasteiger partial charge >= 0.3 is 0 Å². The number of anilines is 1. The third-order valence-corrected chi connectivity index (χ3v) is 2.86. The Morgan fingerprint density at radius 1 is 1.42 bits per heavy atom. The quantitative estimate of drug-likeness (QED) is 0.520. The van der Waals surface area contributed by atoms with Crippen LogP contribution in [0.15, 0.2) is 35.3 Å². The second-order valence-electron chi connectivity index (χ2n) is 4.38. The molecule has 6 nitrogen and oxygen atoms in total. The minimum atomic E-state index is 0.0746. The number of para-hydroxylation sites is 1. The molecule has 1 amide bonds. The monoisotopic (exact) mass is 261 g/mol. The Labute approximate surface area is 112 Å². The predicted molar refractivity (Wildman–Crippen MR) is 76.0 cm³/mol. The van der Waals surface area contributed by atoms with Gasteiger partial charge in [0.05, 0.1) is 13.1 Å². The summed E-state index contributed by atoms with van der Waals surface area (Å²) in [6.45, 7) is 3.35. The van der Waals surface area contributed by atoms with Gasteiger partial charge in [0.15, 0.2) is 5.96 Å². The number of nitrogens with two attached hydrogens (primary N) is 1. The van der Waals surface area contributed by atoms with Crippen molar-refractivity contribution in [1.29, 1.82) is 0 Å². The van der Waals surface area contributed by atoms with E-state index in [2.05, 4.69) is 20.5 Å². The highest BCUT2D eigenvalue weighted by atomic mass is 16.2. The van der Waals surface area contributed by atoms with E-state index >= 15 is 0 Å². The topological polar surface area (TPSA) is 82.8 Å². The van der Waals surface area contributed by atoms with Gasteiger partial charge in [-0.3, -0.25) is 14.7 Å². The van der Waals surface area contributed by atoms with Crippen LogP contribution < -0.4 is 16.4 Å². The first-order valence-electron chi connectivity index (χ1n) is 6.35. The maximum Gasteiger partial charge on any atom is 0.234 e. The lowest BCUT2D eigenvalue weighted by Crippen LogP contribution is -2.48. The van der Waals surface area contributed by atoms with Gasteiger partial charge in [-0.2, -0.15) is 0 Å². The Morgan fingerprint density at radius 3 is 2.95 bits per heavy atom. The highest BCUT2D eigenvalue weighted by Gasteiger charge is 2.14. The molecular formula is C13H19N5O. The molecule has 1 saturated heterocycles. The van der Waals surface area contributed by atoms with Crippen molar-refractivity contribution in [2.24, 2.45) is 10.7 Å². The number of carbonyl (C=O) groups excluding carboxylic acids is 1. The SMILES string of the molecule is NC(=NCCN1CCNC(=O)C1)Nc1ccccc1. The zero-order chi connectivity index (χ0) is 13.5. The van der Waals surface area contributed by atoms with Gasteiger partial charge in [0.2, 0.25) is 5.91 Å². The maximum atomic E-state index is 11.2. The fourth-order valence-electron chi connectivity index (χ4n) is 1.90. The van der Waals surface area contributed by atoms with Crippen LogP contribution >= 0.6 is 0 Å². The number of rotatable bonds is 4. The normalized spacial score (nSPS) is 17.1. The lowest BCUT2D eigenvalue weighted by molar-refractivity contribution is -0.124. The molecule has 0 radical (unpaired) electrons. The summed E-state index contributed by atoms with van der Waals surface area (Å²) in [6.07, 6.45) is 0. The number of benzene rings is 1. The summed E-state index contributed by atoms with van der Waals surface area (Å²) in [5.74, 6) is 0.471. The number of guanidine groups is 1. The molecule has 0 unspecified atom stereocenters. The molecule has 0 spiro atoms. The van der Waals surface area contributed by atoms with Crippen molar-refractivity contribution in [3.63, 3.8) is 0 Å². The van der Waals surface area contributed by atoms with E-state index in [1.165, 1.54) is 0 Å². The average Bonchev–Trinajstić information content (AvgIpc) is 2.40. The second-order valence-corrected chi connectivity index (χ2v) is 4.38. The van der Waals surface area contributed by atoms with E-state index in [0.29, 0.717) is 25.6 Å². The summed E-state index contributed by atoms with van der Waals surface area (Å²) in [5, 5.41) is 5.81. The van der Waals surface area contributed by atoms with Crippen LogP contribution in [0.2, 0.25) is 0 Å². The van der Waals surface area contributed by atoms with E-state index in [1.54, 1.807) is 0 Å². The van der Waals surface area contributed by atoms with Crippen LogP contribution in [0.5, 0.6) is 0 Å². The van der Waals surface area contributed by atoms with Gasteiger partial charge in [-0.05, 0) is 12.1 Å². The molecular weight excluding hydrogens is 242 g/mol. The van der Waals surface area contributed by atoms with E-state index < -0.39 is 0 Å². The third-order valence-electron chi connectivity index (χ3n) is 2.86. The number of aliphatic imine (C=N–C) groups is 1. The maximum absolute atomic E-state index is 11.2. The van der Waals surface area contributed by atoms with Gasteiger partial charge in [0.1, 0.15) is 0 Å². The lowest BCUT2D eigenvalue weighted by atomic mass is 10.3. The molecule has 102 valence electrons. The first-order valence-corrected chi connectivity index (χ1v) is 6.35. The second kappa shape index (κ2) is 6.75. The van der Waals surface area contributed by atoms with Crippen LogP contribution in [-0.4, -0.2) is 49.5 Å². The van der Waals surface area contributed by atoms with Crippen molar-refractivity contribution >= 4 is 17.6 Å². The van der Waals surface area contributed by atoms with Gasteiger partial charge in [0, 0.05) is 25.3 Å². The number of nitrogens with zero attached hydrogens (tertiary/aromatic N) is 2. The minimum Gasteiger partial charge on any atom is -0.370 e. The molecule has 1 aromatic rings. The van der Waals surface area contributed by atoms with Crippen LogP contribution in [0.3, 0.4) is 0 Å². The molecule has 0 aliphatic carbocycles. The largest absolute Gasteiger partial charge is 0.370 e. The van der Waals surface area contributed by atoms with E-state index in [1.807, 2.05) is 30.3 Å². The Bertz CT molecular complexity index is 446. The highest BCUT2D eigenvalue weighted by molar-refractivity contribution is 5.92. The van der Waals surface area contributed by atoms with Crippen molar-refractivity contribution in [3.8, 4) is 0 Å². The van der Waals surface area contributed by atoms with Gasteiger partial charge in [-0.25, -0.2) is 0 Å². The lowest BCUT2D eigenvalue weighted by Gasteiger charge is -2.25. The van der Waals surface area contributed by atoms with Crippen LogP contribution in [0.4, 0.5) is 5.69 Å². The summed E-state index contributed by atoms with van der Waals surface area (Å²) >= 11 is 0. The number of nitrogens with one attached hydrogen (secondary N) is 2. The van der Waals surface area contributed by atoms with E-state index in [-0.39, 0.29) is 5.91 Å². The molecule has 6 heteroatoms. The third kappa shape index (κ3) is 4.59. The number of amides is 1. The molecule has 1 fully saturated rings. The summed E-state index contributed by atoms with van der Waals surface area (Å²) in [6, 6.07) is 9.67. The molecule has 1 aromatic carbocycles. The zero-order valence-corrected chi connectivity index (χ0v) is 10.8. The molecule has 19 heavy (non-hydrogen) atoms. The Hall–Kier alpha value is -2.08. The van der Waals surface area contributed by atoms with Crippen LogP contribution in [0.25, 0.3) is 0 Å². The fourth-order valence-corrected chi connectivity index (χ4v) is 1.90. The molecule has 1 aliphatic heterocycles. The van der Waals surface area contributed by atoms with Gasteiger partial charge in [0.25, 0.3) is 0 Å². The Balaban J connectivity index is 1.74. The number of piperazine rings is 1. The molecule has 4 N–H and O–H groups in total. The highest BCUT2D eigenvalue weighted by Crippen LogP contribution is 2.03. The average molecular weight is 261 g/mol. The summed E-state index contributed by atoms with van der Waals surface area (Å²) in [5.41, 5.74) is 6.71. The summed E-state index contributed by atoms with van der Waals surface area (Å²) in [4.78, 5) is 17.5. The molecule has 2 rings (SSSR count). The molecule has 0 saturated carbocycles. The zero-order valence-electron chi connectivity index (χ0n) is 10.8. The number of hydrogen-bond acceptors (Lipinski definition) is 3. The van der Waals surface area contributed by atoms with Crippen LogP contribution in [0, 0.1) is 0 Å². The van der Waals surface area contributed by atoms with Crippen LogP contribution in [0.1, 0.15) is 0 Å². The minimum absolute atomic E-state index is 0.0746. The molecule has 0 bridgehead atoms. The molecule has 0 atom stereocenters. The van der Waals surface area contributed by atoms with Crippen molar-refractivity contribution in [2.45, 2.75) is 0 Å². The smallest absolute Gasteiger partial charge is 0.234 e. The van der Waals surface area contributed by atoms with Crippen molar-refractivity contribution in [1.82, 2.24) is 10.2 Å². The summed E-state index contributed by atoms with van der Waals surface area (Å²) < 4.78 is 0. The first kappa shape index (κ1) is 13.4. The molecule has 0 aromatic heterocycles. The Morgan fingerprint density at radius 2 is 2.21 bits per heavy atom. The van der Waals surface area contributed by atoms with Crippen molar-refractivity contribution in [3.05, 3.63) is 30.3 Å². The number of carbonyl (C=O) groups is 1. The van der Waals surface area contributed by atoms with Crippen LogP contribution in [-0.2, 0) is 4.79 Å². The summed E-state index contributed by atoms with van der Waals surface area (Å²) in [7, 11) is 0. The van der Waals surface area contributed by atoms with E-state index in [4.69, 9.17) is 5.73 Å². The van der Waals surface area contributed by atoms with Gasteiger partial charge < -0.3 is 16.4 Å². The number of hydrogen-bond donors (Lipinski definition) is 3. The first-order chi connectivity index (χ1) is 9.24. The molecule has 1 aliphatic rings. The van der Waals surface area contributed by atoms with Gasteiger partial charge in [-0.1, -0.05) is 18.2 Å².